The molecule has 1 atom stereocenters. The lowest BCUT2D eigenvalue weighted by molar-refractivity contribution is 0.126. The number of carbonyl (C=O) groups is 1. The highest BCUT2D eigenvalue weighted by molar-refractivity contribution is 5.93. The van der Waals surface area contributed by atoms with Gasteiger partial charge in [-0.15, -0.1) is 0 Å². The van der Waals surface area contributed by atoms with E-state index in [0.29, 0.717) is 17.1 Å². The number of nitrogens with zero attached hydrogens (tertiary/aromatic N) is 1. The average molecular weight is 295 g/mol. The Morgan fingerprint density at radius 2 is 2.14 bits per heavy atom. The van der Waals surface area contributed by atoms with Crippen LogP contribution in [0, 0.1) is 0 Å². The highest BCUT2D eigenvalue weighted by atomic mass is 19.3. The molecule has 0 aliphatic heterocycles. The Morgan fingerprint density at radius 3 is 2.81 bits per heavy atom. The molecule has 2 amide bonds. The second-order valence-corrected chi connectivity index (χ2v) is 4.51. The molecule has 0 spiro atoms. The Morgan fingerprint density at radius 1 is 1.38 bits per heavy atom. The van der Waals surface area contributed by atoms with Crippen molar-refractivity contribution in [2.45, 2.75) is 25.8 Å². The lowest BCUT2D eigenvalue weighted by atomic mass is 10.2. The number of urea groups is 1. The third kappa shape index (κ3) is 4.27. The number of rotatable bonds is 5. The number of hydrogen-bond acceptors (Lipinski definition) is 3. The quantitative estimate of drug-likeness (QED) is 0.887. The number of amides is 2. The Kier molecular flexibility index (Phi) is 4.86. The summed E-state index contributed by atoms with van der Waals surface area (Å²) < 4.78 is 29.6. The third-order valence-electron chi connectivity index (χ3n) is 2.75. The van der Waals surface area contributed by atoms with Crippen LogP contribution in [-0.2, 0) is 0 Å². The summed E-state index contributed by atoms with van der Waals surface area (Å²) in [4.78, 5) is 15.8. The predicted octanol–water partition coefficient (Wildman–Crippen LogP) is 3.51. The van der Waals surface area contributed by atoms with E-state index in [1.807, 2.05) is 0 Å². The fourth-order valence-electron chi connectivity index (χ4n) is 1.84. The van der Waals surface area contributed by atoms with Gasteiger partial charge in [-0.1, -0.05) is 12.1 Å². The molecule has 112 valence electrons. The van der Waals surface area contributed by atoms with Crippen LogP contribution >= 0.6 is 0 Å². The van der Waals surface area contributed by atoms with E-state index in [4.69, 9.17) is 4.42 Å². The van der Waals surface area contributed by atoms with Crippen molar-refractivity contribution in [2.75, 3.05) is 5.32 Å². The molecule has 0 aliphatic rings. The normalized spacial score (nSPS) is 12.2. The van der Waals surface area contributed by atoms with Gasteiger partial charge in [0.1, 0.15) is 6.26 Å². The van der Waals surface area contributed by atoms with Crippen molar-refractivity contribution in [2.24, 2.45) is 0 Å². The minimum absolute atomic E-state index is 0.367. The number of nitrogens with one attached hydrogen (secondary N) is 2. The molecule has 21 heavy (non-hydrogen) atoms. The Balaban J connectivity index is 2.05. The number of benzene rings is 1. The monoisotopic (exact) mass is 295 g/mol. The first-order chi connectivity index (χ1) is 10.1. The number of para-hydroxylation sites is 1. The van der Waals surface area contributed by atoms with Crippen LogP contribution in [0.25, 0.3) is 11.5 Å². The smallest absolute Gasteiger partial charge is 0.319 e. The molecule has 1 aromatic carbocycles. The van der Waals surface area contributed by atoms with Crippen LogP contribution in [0.5, 0.6) is 0 Å². The lowest BCUT2D eigenvalue weighted by Gasteiger charge is -2.15. The van der Waals surface area contributed by atoms with E-state index in [1.165, 1.54) is 19.4 Å². The van der Waals surface area contributed by atoms with Gasteiger partial charge in [-0.25, -0.2) is 18.6 Å². The van der Waals surface area contributed by atoms with E-state index in [2.05, 4.69) is 15.6 Å². The molecule has 0 aliphatic carbocycles. The van der Waals surface area contributed by atoms with Crippen LogP contribution < -0.4 is 10.6 Å². The van der Waals surface area contributed by atoms with Gasteiger partial charge in [-0.3, -0.25) is 0 Å². The van der Waals surface area contributed by atoms with Gasteiger partial charge in [0.05, 0.1) is 17.4 Å². The number of aromatic nitrogens is 1. The second kappa shape index (κ2) is 6.83. The molecule has 2 N–H and O–H groups in total. The van der Waals surface area contributed by atoms with Crippen LogP contribution in [-0.4, -0.2) is 23.5 Å². The minimum atomic E-state index is -2.46. The van der Waals surface area contributed by atoms with E-state index in [1.54, 1.807) is 24.3 Å². The van der Waals surface area contributed by atoms with Crippen LogP contribution in [0.4, 0.5) is 19.3 Å². The van der Waals surface area contributed by atoms with E-state index in [-0.39, 0.29) is 0 Å². The SMILES string of the molecule is CC(CC(F)F)NC(=O)Nc1ccccc1-c1ncco1. The maximum atomic E-state index is 12.2. The summed E-state index contributed by atoms with van der Waals surface area (Å²) in [6, 6.07) is 5.76. The second-order valence-electron chi connectivity index (χ2n) is 4.51. The summed E-state index contributed by atoms with van der Waals surface area (Å²) in [7, 11) is 0. The molecule has 0 fully saturated rings. The van der Waals surface area contributed by atoms with Crippen LogP contribution in [0.2, 0.25) is 0 Å². The predicted molar refractivity (Wildman–Crippen MR) is 74.2 cm³/mol. The number of halogens is 2. The van der Waals surface area contributed by atoms with Gasteiger partial charge in [0.2, 0.25) is 12.3 Å². The number of hydrogen-bond donors (Lipinski definition) is 2. The fourth-order valence-corrected chi connectivity index (χ4v) is 1.84. The molecular weight excluding hydrogens is 280 g/mol. The maximum absolute atomic E-state index is 12.2. The van der Waals surface area contributed by atoms with E-state index < -0.39 is 24.9 Å². The molecule has 1 unspecified atom stereocenters. The first kappa shape index (κ1) is 15.0. The lowest BCUT2D eigenvalue weighted by Crippen LogP contribution is -2.37. The van der Waals surface area contributed by atoms with E-state index in [0.717, 1.165) is 0 Å². The van der Waals surface area contributed by atoms with Crippen molar-refractivity contribution in [3.8, 4) is 11.5 Å². The minimum Gasteiger partial charge on any atom is -0.444 e. The molecule has 0 saturated carbocycles. The van der Waals surface area contributed by atoms with Crippen LogP contribution in [0.15, 0.2) is 41.1 Å². The molecule has 0 radical (unpaired) electrons. The van der Waals surface area contributed by atoms with Crippen molar-refractivity contribution in [3.63, 3.8) is 0 Å². The zero-order valence-corrected chi connectivity index (χ0v) is 11.3. The first-order valence-corrected chi connectivity index (χ1v) is 6.41. The maximum Gasteiger partial charge on any atom is 0.319 e. The van der Waals surface area contributed by atoms with Crippen molar-refractivity contribution in [1.82, 2.24) is 10.3 Å². The van der Waals surface area contributed by atoms with Gasteiger partial charge in [-0.05, 0) is 19.1 Å². The largest absolute Gasteiger partial charge is 0.444 e. The topological polar surface area (TPSA) is 67.2 Å². The molecule has 1 heterocycles. The van der Waals surface area contributed by atoms with Crippen LogP contribution in [0.1, 0.15) is 13.3 Å². The summed E-state index contributed by atoms with van der Waals surface area (Å²) in [5.41, 5.74) is 1.10. The molecule has 1 aromatic heterocycles. The van der Waals surface area contributed by atoms with Gasteiger partial charge < -0.3 is 15.1 Å². The Bertz CT molecular complexity index is 588. The van der Waals surface area contributed by atoms with Gasteiger partial charge in [-0.2, -0.15) is 0 Å². The van der Waals surface area contributed by atoms with Crippen molar-refractivity contribution < 1.29 is 18.0 Å². The molecule has 0 bridgehead atoms. The molecule has 5 nitrogen and oxygen atoms in total. The number of alkyl halides is 2. The third-order valence-corrected chi connectivity index (χ3v) is 2.75. The zero-order chi connectivity index (χ0) is 15.2. The summed E-state index contributed by atoms with van der Waals surface area (Å²) in [5, 5.41) is 5.06. The Hall–Kier alpha value is -2.44. The summed E-state index contributed by atoms with van der Waals surface area (Å²) in [6.07, 6.45) is 0.0719. The highest BCUT2D eigenvalue weighted by Crippen LogP contribution is 2.26. The van der Waals surface area contributed by atoms with Crippen molar-refractivity contribution >= 4 is 11.7 Å². The number of anilines is 1. The van der Waals surface area contributed by atoms with E-state index >= 15 is 0 Å². The van der Waals surface area contributed by atoms with Gasteiger partial charge in [0, 0.05) is 12.5 Å². The Labute approximate surface area is 120 Å². The summed E-state index contributed by atoms with van der Waals surface area (Å²) in [5.74, 6) is 0.367. The molecule has 0 saturated heterocycles. The van der Waals surface area contributed by atoms with Crippen molar-refractivity contribution in [3.05, 3.63) is 36.7 Å². The highest BCUT2D eigenvalue weighted by Gasteiger charge is 2.15. The molecular formula is C14H15F2N3O2. The molecule has 2 aromatic rings. The van der Waals surface area contributed by atoms with Gasteiger partial charge in [0.15, 0.2) is 0 Å². The van der Waals surface area contributed by atoms with Crippen molar-refractivity contribution in [1.29, 1.82) is 0 Å². The molecule has 2 rings (SSSR count). The van der Waals surface area contributed by atoms with E-state index in [9.17, 15) is 13.6 Å². The number of carbonyl (C=O) groups excluding carboxylic acids is 1. The average Bonchev–Trinajstić information content (AvgIpc) is 2.91. The van der Waals surface area contributed by atoms with Crippen LogP contribution in [0.3, 0.4) is 0 Å². The summed E-state index contributed by atoms with van der Waals surface area (Å²) in [6.45, 7) is 1.52. The van der Waals surface area contributed by atoms with Gasteiger partial charge >= 0.3 is 6.03 Å². The molecule has 7 heteroatoms. The standard InChI is InChI=1S/C14H15F2N3O2/c1-9(8-12(15)16)18-14(20)19-11-5-3-2-4-10(11)13-17-6-7-21-13/h2-7,9,12H,8H2,1H3,(H2,18,19,20). The zero-order valence-electron chi connectivity index (χ0n) is 11.3. The number of oxazole rings is 1. The first-order valence-electron chi connectivity index (χ1n) is 6.41. The van der Waals surface area contributed by atoms with Gasteiger partial charge in [0.25, 0.3) is 0 Å². The summed E-state index contributed by atoms with van der Waals surface area (Å²) >= 11 is 0. The fraction of sp³-hybridized carbons (Fsp3) is 0.286.